The van der Waals surface area contributed by atoms with Gasteiger partial charge in [0.05, 0.1) is 12.8 Å². The van der Waals surface area contributed by atoms with Gasteiger partial charge in [0.15, 0.2) is 0 Å². The fourth-order valence-corrected chi connectivity index (χ4v) is 5.01. The van der Waals surface area contributed by atoms with Crippen LogP contribution < -0.4 is 15.0 Å². The average molecular weight is 447 g/mol. The Bertz CT molecular complexity index is 1100. The fourth-order valence-electron chi connectivity index (χ4n) is 3.72. The number of hydrogen-bond acceptors (Lipinski definition) is 4. The average Bonchev–Trinajstić information content (AvgIpc) is 2.96. The topological polar surface area (TPSA) is 58.6 Å². The Kier molecular flexibility index (Phi) is 6.81. The first-order valence-electron chi connectivity index (χ1n) is 10.7. The highest BCUT2D eigenvalue weighted by molar-refractivity contribution is 7.99. The van der Waals surface area contributed by atoms with Crippen LogP contribution in [0.5, 0.6) is 5.75 Å². The van der Waals surface area contributed by atoms with E-state index in [0.717, 1.165) is 34.0 Å². The van der Waals surface area contributed by atoms with E-state index in [9.17, 15) is 9.59 Å². The van der Waals surface area contributed by atoms with Crippen molar-refractivity contribution in [2.75, 3.05) is 23.9 Å². The lowest BCUT2D eigenvalue weighted by atomic mass is 10.1. The third kappa shape index (κ3) is 4.97. The Morgan fingerprint density at radius 2 is 1.78 bits per heavy atom. The van der Waals surface area contributed by atoms with Gasteiger partial charge >= 0.3 is 0 Å². The number of aryl methyl sites for hydroxylation is 1. The molecule has 6 heteroatoms. The van der Waals surface area contributed by atoms with Crippen molar-refractivity contribution >= 4 is 35.0 Å². The molecular formula is C26H26N2O3S. The molecule has 0 bridgehead atoms. The first-order valence-corrected chi connectivity index (χ1v) is 11.5. The van der Waals surface area contributed by atoms with Gasteiger partial charge < -0.3 is 15.0 Å². The van der Waals surface area contributed by atoms with Gasteiger partial charge in [-0.15, -0.1) is 11.8 Å². The van der Waals surface area contributed by atoms with Gasteiger partial charge in [-0.2, -0.15) is 0 Å². The van der Waals surface area contributed by atoms with Crippen LogP contribution in [0.25, 0.3) is 0 Å². The number of rotatable bonds is 6. The molecule has 0 fully saturated rings. The first kappa shape index (κ1) is 22.0. The largest absolute Gasteiger partial charge is 0.497 e. The van der Waals surface area contributed by atoms with Crippen LogP contribution in [0.1, 0.15) is 29.7 Å². The SMILES string of the molecule is CCc1ccc(NC(=O)CN2C(=O)C[C@@H](c3ccc(OC)cc3)Sc3ccccc32)cc1. The molecule has 1 aliphatic rings. The minimum absolute atomic E-state index is 0.0265. The summed E-state index contributed by atoms with van der Waals surface area (Å²) in [5.74, 6) is 0.495. The molecule has 1 heterocycles. The number of hydrogen-bond donors (Lipinski definition) is 1. The van der Waals surface area contributed by atoms with E-state index in [-0.39, 0.29) is 23.6 Å². The summed E-state index contributed by atoms with van der Waals surface area (Å²) >= 11 is 1.65. The number of amides is 2. The zero-order valence-electron chi connectivity index (χ0n) is 18.2. The fraction of sp³-hybridized carbons (Fsp3) is 0.231. The molecule has 3 aromatic rings. The summed E-state index contributed by atoms with van der Waals surface area (Å²) in [4.78, 5) is 28.6. The molecule has 0 saturated heterocycles. The predicted molar refractivity (Wildman–Crippen MR) is 129 cm³/mol. The standard InChI is InChI=1S/C26H26N2O3S/c1-3-18-8-12-20(13-9-18)27-25(29)17-28-22-6-4-5-7-23(22)32-24(16-26(28)30)19-10-14-21(31-2)15-11-19/h4-15,24H,3,16-17H2,1-2H3,(H,27,29)/t24-/m0/s1. The second-order valence-corrected chi connectivity index (χ2v) is 8.87. The van der Waals surface area contributed by atoms with Crippen LogP contribution in [-0.4, -0.2) is 25.5 Å². The Morgan fingerprint density at radius 3 is 2.47 bits per heavy atom. The first-order chi connectivity index (χ1) is 15.6. The molecule has 4 rings (SSSR count). The van der Waals surface area contributed by atoms with E-state index in [0.29, 0.717) is 6.42 Å². The maximum atomic E-state index is 13.3. The van der Waals surface area contributed by atoms with E-state index in [1.807, 2.05) is 72.8 Å². The summed E-state index contributed by atoms with van der Waals surface area (Å²) in [6, 6.07) is 23.4. The minimum Gasteiger partial charge on any atom is -0.497 e. The number of ether oxygens (including phenoxy) is 1. The highest BCUT2D eigenvalue weighted by Gasteiger charge is 2.30. The molecule has 2 amide bonds. The molecule has 0 radical (unpaired) electrons. The Hall–Kier alpha value is -3.25. The quantitative estimate of drug-likeness (QED) is 0.546. The van der Waals surface area contributed by atoms with Crippen LogP contribution >= 0.6 is 11.8 Å². The normalized spacial score (nSPS) is 15.6. The van der Waals surface area contributed by atoms with E-state index < -0.39 is 0 Å². The second-order valence-electron chi connectivity index (χ2n) is 7.63. The highest BCUT2D eigenvalue weighted by atomic mass is 32.2. The molecule has 0 spiro atoms. The lowest BCUT2D eigenvalue weighted by molar-refractivity contribution is -0.121. The number of benzene rings is 3. The third-order valence-corrected chi connectivity index (χ3v) is 6.84. The van der Waals surface area contributed by atoms with Gasteiger partial charge in [0.1, 0.15) is 12.3 Å². The lowest BCUT2D eigenvalue weighted by Crippen LogP contribution is -2.38. The van der Waals surface area contributed by atoms with Crippen molar-refractivity contribution in [1.82, 2.24) is 0 Å². The van der Waals surface area contributed by atoms with E-state index in [1.165, 1.54) is 5.56 Å². The summed E-state index contributed by atoms with van der Waals surface area (Å²) in [5, 5.41) is 2.88. The van der Waals surface area contributed by atoms with Crippen LogP contribution in [0.3, 0.4) is 0 Å². The number of para-hydroxylation sites is 1. The Morgan fingerprint density at radius 1 is 1.06 bits per heavy atom. The number of nitrogens with zero attached hydrogens (tertiary/aromatic N) is 1. The van der Waals surface area contributed by atoms with Gasteiger partial charge in [0.25, 0.3) is 0 Å². The molecule has 3 aromatic carbocycles. The van der Waals surface area contributed by atoms with Gasteiger partial charge in [-0.05, 0) is 53.9 Å². The van der Waals surface area contributed by atoms with Gasteiger partial charge in [-0.1, -0.05) is 43.3 Å². The number of anilines is 2. The molecule has 5 nitrogen and oxygen atoms in total. The number of methoxy groups -OCH3 is 1. The van der Waals surface area contributed by atoms with Crippen LogP contribution in [0.15, 0.2) is 77.7 Å². The zero-order chi connectivity index (χ0) is 22.5. The summed E-state index contributed by atoms with van der Waals surface area (Å²) < 4.78 is 5.25. The van der Waals surface area contributed by atoms with Crippen LogP contribution in [-0.2, 0) is 16.0 Å². The van der Waals surface area contributed by atoms with E-state index in [4.69, 9.17) is 4.74 Å². The van der Waals surface area contributed by atoms with E-state index in [1.54, 1.807) is 23.8 Å². The summed E-state index contributed by atoms with van der Waals surface area (Å²) in [7, 11) is 1.64. The van der Waals surface area contributed by atoms with Gasteiger partial charge in [-0.3, -0.25) is 9.59 Å². The Labute approximate surface area is 192 Å². The van der Waals surface area contributed by atoms with Crippen molar-refractivity contribution in [3.8, 4) is 5.75 Å². The van der Waals surface area contributed by atoms with Crippen molar-refractivity contribution < 1.29 is 14.3 Å². The molecular weight excluding hydrogens is 420 g/mol. The lowest BCUT2D eigenvalue weighted by Gasteiger charge is -2.22. The van der Waals surface area contributed by atoms with Crippen molar-refractivity contribution in [1.29, 1.82) is 0 Å². The molecule has 1 aliphatic heterocycles. The van der Waals surface area contributed by atoms with Crippen molar-refractivity contribution in [2.24, 2.45) is 0 Å². The molecule has 0 aliphatic carbocycles. The number of carbonyl (C=O) groups excluding carboxylic acids is 2. The van der Waals surface area contributed by atoms with Gasteiger partial charge in [0, 0.05) is 22.3 Å². The molecule has 0 unspecified atom stereocenters. The number of thioether (sulfide) groups is 1. The molecule has 1 N–H and O–H groups in total. The van der Waals surface area contributed by atoms with E-state index in [2.05, 4.69) is 12.2 Å². The maximum Gasteiger partial charge on any atom is 0.244 e. The molecule has 0 aromatic heterocycles. The predicted octanol–water partition coefficient (Wildman–Crippen LogP) is 5.47. The van der Waals surface area contributed by atoms with Crippen LogP contribution in [0.4, 0.5) is 11.4 Å². The van der Waals surface area contributed by atoms with Crippen LogP contribution in [0, 0.1) is 0 Å². The molecule has 1 atom stereocenters. The number of carbonyl (C=O) groups is 2. The van der Waals surface area contributed by atoms with Crippen molar-refractivity contribution in [3.05, 3.63) is 83.9 Å². The van der Waals surface area contributed by atoms with Crippen molar-refractivity contribution in [3.63, 3.8) is 0 Å². The maximum absolute atomic E-state index is 13.3. The monoisotopic (exact) mass is 446 g/mol. The molecule has 0 saturated carbocycles. The number of nitrogens with one attached hydrogen (secondary N) is 1. The minimum atomic E-state index is -0.217. The van der Waals surface area contributed by atoms with E-state index >= 15 is 0 Å². The second kappa shape index (κ2) is 9.92. The summed E-state index contributed by atoms with van der Waals surface area (Å²) in [5.41, 5.74) is 3.77. The zero-order valence-corrected chi connectivity index (χ0v) is 19.0. The molecule has 32 heavy (non-hydrogen) atoms. The van der Waals surface area contributed by atoms with Crippen LogP contribution in [0.2, 0.25) is 0 Å². The summed E-state index contributed by atoms with van der Waals surface area (Å²) in [6.45, 7) is 2.06. The Balaban J connectivity index is 1.54. The van der Waals surface area contributed by atoms with Crippen molar-refractivity contribution in [2.45, 2.75) is 29.9 Å². The third-order valence-electron chi connectivity index (χ3n) is 5.52. The van der Waals surface area contributed by atoms with Gasteiger partial charge in [0.2, 0.25) is 11.8 Å². The van der Waals surface area contributed by atoms with Gasteiger partial charge in [-0.25, -0.2) is 0 Å². The summed E-state index contributed by atoms with van der Waals surface area (Å²) in [6.07, 6.45) is 1.25. The molecule has 164 valence electrons. The highest BCUT2D eigenvalue weighted by Crippen LogP contribution is 2.45. The smallest absolute Gasteiger partial charge is 0.244 e. The number of fused-ring (bicyclic) bond motifs is 1.